The van der Waals surface area contributed by atoms with E-state index in [-0.39, 0.29) is 6.10 Å². The number of pyridine rings is 1. The quantitative estimate of drug-likeness (QED) is 0.828. The van der Waals surface area contributed by atoms with E-state index in [1.165, 1.54) is 0 Å². The van der Waals surface area contributed by atoms with Crippen LogP contribution in [-0.4, -0.2) is 24.2 Å². The summed E-state index contributed by atoms with van der Waals surface area (Å²) in [6, 6.07) is 1.69. The second-order valence-electron chi connectivity index (χ2n) is 3.62. The van der Waals surface area contributed by atoms with Crippen LogP contribution in [0.4, 0.5) is 11.5 Å². The van der Waals surface area contributed by atoms with Crippen LogP contribution in [0.5, 0.6) is 0 Å². The highest BCUT2D eigenvalue weighted by Gasteiger charge is 2.15. The molecule has 0 bridgehead atoms. The van der Waals surface area contributed by atoms with Gasteiger partial charge in [0.1, 0.15) is 5.82 Å². The van der Waals surface area contributed by atoms with Gasteiger partial charge >= 0.3 is 0 Å². The Labute approximate surface area is 93.8 Å². The molecule has 5 heteroatoms. The van der Waals surface area contributed by atoms with Gasteiger partial charge in [0.25, 0.3) is 0 Å². The molecule has 0 aliphatic carbocycles. The number of nitrogens with one attached hydrogen (secondary N) is 1. The fraction of sp³-hybridized carbons (Fsp3) is 0.500. The van der Waals surface area contributed by atoms with Gasteiger partial charge in [-0.2, -0.15) is 0 Å². The van der Waals surface area contributed by atoms with Gasteiger partial charge in [0.2, 0.25) is 0 Å². The first kappa shape index (κ1) is 10.5. The summed E-state index contributed by atoms with van der Waals surface area (Å²) in [5, 5.41) is 3.71. The minimum Gasteiger partial charge on any atom is -0.397 e. The summed E-state index contributed by atoms with van der Waals surface area (Å²) in [5.74, 6) is 0.668. The SMILES string of the molecule is Nc1cnc(NCC2CCCO2)c(Cl)c1. The minimum absolute atomic E-state index is 0.278. The van der Waals surface area contributed by atoms with Crippen molar-refractivity contribution in [1.29, 1.82) is 0 Å². The van der Waals surface area contributed by atoms with Gasteiger partial charge < -0.3 is 15.8 Å². The fourth-order valence-corrected chi connectivity index (χ4v) is 1.84. The molecule has 1 aromatic rings. The molecular formula is C10H14ClN3O. The molecule has 1 aliphatic heterocycles. The summed E-state index contributed by atoms with van der Waals surface area (Å²) in [6.45, 7) is 1.60. The summed E-state index contributed by atoms with van der Waals surface area (Å²) in [5.41, 5.74) is 6.12. The molecule has 82 valence electrons. The van der Waals surface area contributed by atoms with Crippen LogP contribution >= 0.6 is 11.6 Å². The van der Waals surface area contributed by atoms with Crippen LogP contribution in [0.3, 0.4) is 0 Å². The van der Waals surface area contributed by atoms with E-state index in [1.54, 1.807) is 12.3 Å². The number of ether oxygens (including phenoxy) is 1. The van der Waals surface area contributed by atoms with Crippen LogP contribution < -0.4 is 11.1 Å². The molecule has 0 saturated carbocycles. The number of hydrogen-bond donors (Lipinski definition) is 2. The zero-order chi connectivity index (χ0) is 10.7. The molecule has 0 spiro atoms. The zero-order valence-electron chi connectivity index (χ0n) is 8.37. The van der Waals surface area contributed by atoms with Gasteiger partial charge in [-0.25, -0.2) is 4.98 Å². The maximum absolute atomic E-state index is 5.97. The van der Waals surface area contributed by atoms with Crippen molar-refractivity contribution in [2.75, 3.05) is 24.2 Å². The Bertz CT molecular complexity index is 339. The van der Waals surface area contributed by atoms with Crippen molar-refractivity contribution >= 4 is 23.1 Å². The second kappa shape index (κ2) is 4.68. The lowest BCUT2D eigenvalue weighted by Crippen LogP contribution is -2.19. The number of rotatable bonds is 3. The standard InChI is InChI=1S/C10H14ClN3O/c11-9-4-7(12)5-13-10(9)14-6-8-2-1-3-15-8/h4-5,8H,1-3,6,12H2,(H,13,14). The molecule has 1 atom stereocenters. The maximum Gasteiger partial charge on any atom is 0.145 e. The predicted molar refractivity (Wildman–Crippen MR) is 61.1 cm³/mol. The normalized spacial score (nSPS) is 20.5. The molecule has 2 rings (SSSR count). The van der Waals surface area contributed by atoms with Crippen molar-refractivity contribution in [1.82, 2.24) is 4.98 Å². The van der Waals surface area contributed by atoms with E-state index >= 15 is 0 Å². The number of nitrogens with two attached hydrogens (primary N) is 1. The van der Waals surface area contributed by atoms with E-state index in [4.69, 9.17) is 22.1 Å². The summed E-state index contributed by atoms with van der Waals surface area (Å²) in [4.78, 5) is 4.12. The van der Waals surface area contributed by atoms with Gasteiger partial charge in [0.15, 0.2) is 0 Å². The van der Waals surface area contributed by atoms with Crippen molar-refractivity contribution in [2.24, 2.45) is 0 Å². The lowest BCUT2D eigenvalue weighted by Gasteiger charge is -2.12. The predicted octanol–water partition coefficient (Wildman–Crippen LogP) is 1.91. The molecule has 1 fully saturated rings. The highest BCUT2D eigenvalue weighted by Crippen LogP contribution is 2.21. The smallest absolute Gasteiger partial charge is 0.145 e. The molecule has 0 radical (unpaired) electrons. The van der Waals surface area contributed by atoms with Gasteiger partial charge in [0.05, 0.1) is 23.0 Å². The third kappa shape index (κ3) is 2.73. The molecule has 4 nitrogen and oxygen atoms in total. The molecule has 15 heavy (non-hydrogen) atoms. The van der Waals surface area contributed by atoms with Gasteiger partial charge in [-0.15, -0.1) is 0 Å². The summed E-state index contributed by atoms with van der Waals surface area (Å²) in [6.07, 6.45) is 4.10. The van der Waals surface area contributed by atoms with E-state index in [0.29, 0.717) is 16.5 Å². The second-order valence-corrected chi connectivity index (χ2v) is 4.02. The fourth-order valence-electron chi connectivity index (χ4n) is 1.60. The first-order chi connectivity index (χ1) is 7.25. The number of hydrogen-bond acceptors (Lipinski definition) is 4. The molecule has 0 amide bonds. The third-order valence-electron chi connectivity index (χ3n) is 2.38. The highest BCUT2D eigenvalue weighted by atomic mass is 35.5. The van der Waals surface area contributed by atoms with Gasteiger partial charge in [-0.1, -0.05) is 11.6 Å². The van der Waals surface area contributed by atoms with Crippen molar-refractivity contribution in [2.45, 2.75) is 18.9 Å². The largest absolute Gasteiger partial charge is 0.397 e. The lowest BCUT2D eigenvalue weighted by atomic mass is 10.2. The van der Waals surface area contributed by atoms with E-state index in [2.05, 4.69) is 10.3 Å². The van der Waals surface area contributed by atoms with Crippen molar-refractivity contribution in [3.63, 3.8) is 0 Å². The Morgan fingerprint density at radius 2 is 2.53 bits per heavy atom. The molecule has 2 heterocycles. The van der Waals surface area contributed by atoms with E-state index in [1.807, 2.05) is 0 Å². The maximum atomic E-state index is 5.97. The minimum atomic E-state index is 0.278. The van der Waals surface area contributed by atoms with Crippen LogP contribution in [0.25, 0.3) is 0 Å². The molecule has 0 aromatic carbocycles. The molecule has 3 N–H and O–H groups in total. The molecule has 1 unspecified atom stereocenters. The van der Waals surface area contributed by atoms with Crippen LogP contribution in [0.2, 0.25) is 5.02 Å². The summed E-state index contributed by atoms with van der Waals surface area (Å²) < 4.78 is 5.48. The van der Waals surface area contributed by atoms with Crippen LogP contribution in [0.1, 0.15) is 12.8 Å². The lowest BCUT2D eigenvalue weighted by molar-refractivity contribution is 0.120. The molecular weight excluding hydrogens is 214 g/mol. The summed E-state index contributed by atoms with van der Waals surface area (Å²) >= 11 is 5.97. The topological polar surface area (TPSA) is 60.2 Å². The average molecular weight is 228 g/mol. The van der Waals surface area contributed by atoms with Crippen LogP contribution in [0, 0.1) is 0 Å². The van der Waals surface area contributed by atoms with Crippen molar-refractivity contribution < 1.29 is 4.74 Å². The number of nitrogens with zero attached hydrogens (tertiary/aromatic N) is 1. The van der Waals surface area contributed by atoms with Gasteiger partial charge in [-0.3, -0.25) is 0 Å². The third-order valence-corrected chi connectivity index (χ3v) is 2.67. The van der Waals surface area contributed by atoms with Gasteiger partial charge in [0, 0.05) is 13.2 Å². The molecule has 1 aromatic heterocycles. The van der Waals surface area contributed by atoms with Crippen LogP contribution in [-0.2, 0) is 4.74 Å². The Balaban J connectivity index is 1.92. The Hall–Kier alpha value is -1.00. The van der Waals surface area contributed by atoms with Crippen molar-refractivity contribution in [3.05, 3.63) is 17.3 Å². The zero-order valence-corrected chi connectivity index (χ0v) is 9.13. The first-order valence-electron chi connectivity index (χ1n) is 5.02. The highest BCUT2D eigenvalue weighted by molar-refractivity contribution is 6.33. The van der Waals surface area contributed by atoms with E-state index < -0.39 is 0 Å². The number of anilines is 2. The van der Waals surface area contributed by atoms with E-state index in [9.17, 15) is 0 Å². The average Bonchev–Trinajstić information content (AvgIpc) is 2.69. The Kier molecular flexibility index (Phi) is 3.28. The van der Waals surface area contributed by atoms with E-state index in [0.717, 1.165) is 26.0 Å². The first-order valence-corrected chi connectivity index (χ1v) is 5.40. The Morgan fingerprint density at radius 3 is 3.20 bits per heavy atom. The monoisotopic (exact) mass is 227 g/mol. The molecule has 1 aliphatic rings. The van der Waals surface area contributed by atoms with Crippen molar-refractivity contribution in [3.8, 4) is 0 Å². The molecule has 1 saturated heterocycles. The number of nitrogen functional groups attached to an aromatic ring is 1. The van der Waals surface area contributed by atoms with Gasteiger partial charge in [-0.05, 0) is 18.9 Å². The van der Waals surface area contributed by atoms with Crippen LogP contribution in [0.15, 0.2) is 12.3 Å². The Morgan fingerprint density at radius 1 is 1.67 bits per heavy atom. The summed E-state index contributed by atoms with van der Waals surface area (Å²) in [7, 11) is 0. The number of aromatic nitrogens is 1. The number of halogens is 1.